The number of aliphatic hydroxyl groups excluding tert-OH is 1. The molecule has 0 aromatic heterocycles. The van der Waals surface area contributed by atoms with Gasteiger partial charge in [-0.1, -0.05) is 38.5 Å². The van der Waals surface area contributed by atoms with Gasteiger partial charge in [0.05, 0.1) is 17.6 Å². The van der Waals surface area contributed by atoms with Crippen LogP contribution in [0, 0.1) is 6.92 Å². The zero-order valence-electron chi connectivity index (χ0n) is 17.1. The van der Waals surface area contributed by atoms with Gasteiger partial charge in [0.15, 0.2) is 8.32 Å². The number of benzene rings is 1. The van der Waals surface area contributed by atoms with Crippen molar-refractivity contribution in [1.29, 1.82) is 0 Å². The Kier molecular flexibility index (Phi) is 8.04. The number of hydrogen-bond acceptors (Lipinski definition) is 5. The Morgan fingerprint density at radius 3 is 2.15 bits per heavy atom. The lowest BCUT2D eigenvalue weighted by atomic mass is 10.1. The first-order valence-corrected chi connectivity index (χ1v) is 13.4. The van der Waals surface area contributed by atoms with Crippen LogP contribution in [0.1, 0.15) is 46.1 Å². The molecule has 1 aromatic carbocycles. The van der Waals surface area contributed by atoms with Gasteiger partial charge in [-0.15, -0.1) is 0 Å². The van der Waals surface area contributed by atoms with Crippen molar-refractivity contribution in [3.8, 4) is 0 Å². The highest BCUT2D eigenvalue weighted by Crippen LogP contribution is 2.37. The third-order valence-electron chi connectivity index (χ3n) is 4.93. The van der Waals surface area contributed by atoms with Crippen LogP contribution in [0.25, 0.3) is 0 Å². The lowest BCUT2D eigenvalue weighted by Gasteiger charge is -2.38. The Hall–Kier alpha value is -0.733. The van der Waals surface area contributed by atoms with E-state index in [4.69, 9.17) is 8.61 Å². The molecule has 0 aliphatic rings. The monoisotopic (exact) mass is 402 g/mol. The molecule has 0 saturated carbocycles. The van der Waals surface area contributed by atoms with E-state index in [1.54, 1.807) is 12.1 Å². The Bertz CT molecular complexity index is 662. The van der Waals surface area contributed by atoms with E-state index in [0.717, 1.165) is 5.56 Å². The van der Waals surface area contributed by atoms with E-state index < -0.39 is 24.5 Å². The van der Waals surface area contributed by atoms with Crippen LogP contribution in [0.15, 0.2) is 29.2 Å². The fraction of sp³-hybridized carbons (Fsp3) is 0.684. The van der Waals surface area contributed by atoms with Crippen LogP contribution in [-0.4, -0.2) is 40.7 Å². The highest BCUT2D eigenvalue weighted by molar-refractivity contribution is 7.86. The van der Waals surface area contributed by atoms with Gasteiger partial charge in [0.2, 0.25) is 0 Å². The molecule has 1 aromatic rings. The summed E-state index contributed by atoms with van der Waals surface area (Å²) in [7, 11) is -5.69. The molecule has 1 N–H and O–H groups in total. The van der Waals surface area contributed by atoms with E-state index in [1.807, 2.05) is 13.8 Å². The molecule has 1 rings (SSSR count). The van der Waals surface area contributed by atoms with Crippen LogP contribution >= 0.6 is 0 Å². The summed E-state index contributed by atoms with van der Waals surface area (Å²) in [5.41, 5.74) is 0.972. The first kappa shape index (κ1) is 23.3. The van der Waals surface area contributed by atoms with Gasteiger partial charge in [-0.25, -0.2) is 0 Å². The summed E-state index contributed by atoms with van der Waals surface area (Å²) in [6.45, 7) is 14.6. The number of aliphatic hydroxyl groups is 1. The standard InChI is InChI=1S/C19H34O5SSi/c1-15-8-12-18(13-9-15)25(21,22)23-14-17(20)11-10-16(2)24-26(6,7)19(3,4)5/h8-9,12-13,16-17,20H,10-11,14H2,1-7H3/t16-,17-/m0/s1. The largest absolute Gasteiger partial charge is 0.414 e. The van der Waals surface area contributed by atoms with E-state index >= 15 is 0 Å². The average Bonchev–Trinajstić information content (AvgIpc) is 2.50. The van der Waals surface area contributed by atoms with Gasteiger partial charge < -0.3 is 9.53 Å². The second-order valence-corrected chi connectivity index (χ2v) is 14.8. The van der Waals surface area contributed by atoms with Crippen LogP contribution in [0.2, 0.25) is 18.1 Å². The van der Waals surface area contributed by atoms with Crippen molar-refractivity contribution < 1.29 is 22.1 Å². The van der Waals surface area contributed by atoms with Crippen molar-refractivity contribution >= 4 is 18.4 Å². The third kappa shape index (κ3) is 7.11. The molecule has 0 fully saturated rings. The van der Waals surface area contributed by atoms with Crippen molar-refractivity contribution in [2.75, 3.05) is 6.61 Å². The molecule has 150 valence electrons. The Morgan fingerprint density at radius 1 is 1.12 bits per heavy atom. The molecule has 26 heavy (non-hydrogen) atoms. The lowest BCUT2D eigenvalue weighted by molar-refractivity contribution is 0.0851. The molecule has 0 bridgehead atoms. The maximum Gasteiger partial charge on any atom is 0.297 e. The van der Waals surface area contributed by atoms with Crippen LogP contribution in [0.3, 0.4) is 0 Å². The highest BCUT2D eigenvalue weighted by Gasteiger charge is 2.38. The normalized spacial score (nSPS) is 15.7. The van der Waals surface area contributed by atoms with Crippen LogP contribution < -0.4 is 0 Å². The summed E-state index contributed by atoms with van der Waals surface area (Å²) in [5, 5.41) is 10.2. The summed E-state index contributed by atoms with van der Waals surface area (Å²) in [5.74, 6) is 0. The minimum Gasteiger partial charge on any atom is -0.414 e. The topological polar surface area (TPSA) is 72.8 Å². The van der Waals surface area contributed by atoms with Crippen molar-refractivity contribution in [2.24, 2.45) is 0 Å². The van der Waals surface area contributed by atoms with Gasteiger partial charge in [-0.05, 0) is 57.0 Å². The lowest BCUT2D eigenvalue weighted by Crippen LogP contribution is -2.43. The predicted molar refractivity (Wildman–Crippen MR) is 107 cm³/mol. The molecule has 0 radical (unpaired) electrons. The minimum atomic E-state index is -3.84. The second kappa shape index (κ2) is 8.97. The van der Waals surface area contributed by atoms with Crippen molar-refractivity contribution in [3.63, 3.8) is 0 Å². The predicted octanol–water partition coefficient (Wildman–Crippen LogP) is 4.25. The average molecular weight is 403 g/mol. The Labute approximate surface area is 160 Å². The molecule has 0 aliphatic heterocycles. The molecule has 0 amide bonds. The SMILES string of the molecule is Cc1ccc(S(=O)(=O)OC[C@@H](O)CC[C@H](C)O[Si](C)(C)C(C)(C)C)cc1. The van der Waals surface area contributed by atoms with Gasteiger partial charge in [0.25, 0.3) is 10.1 Å². The molecular formula is C19H34O5SSi. The highest BCUT2D eigenvalue weighted by atomic mass is 32.2. The van der Waals surface area contributed by atoms with Crippen LogP contribution in [0.4, 0.5) is 0 Å². The van der Waals surface area contributed by atoms with Gasteiger partial charge in [0.1, 0.15) is 0 Å². The summed E-state index contributed by atoms with van der Waals surface area (Å²) in [6.07, 6.45) is 0.251. The fourth-order valence-corrected chi connectivity index (χ4v) is 4.61. The quantitative estimate of drug-likeness (QED) is 0.494. The molecule has 0 heterocycles. The van der Waals surface area contributed by atoms with Crippen LogP contribution in [-0.2, 0) is 18.7 Å². The number of rotatable bonds is 9. The molecular weight excluding hydrogens is 368 g/mol. The Morgan fingerprint density at radius 2 is 1.65 bits per heavy atom. The fourth-order valence-electron chi connectivity index (χ4n) is 2.19. The number of aryl methyl sites for hydroxylation is 1. The maximum atomic E-state index is 12.1. The van der Waals surface area contributed by atoms with Crippen molar-refractivity contribution in [3.05, 3.63) is 29.8 Å². The van der Waals surface area contributed by atoms with Crippen molar-refractivity contribution in [2.45, 2.75) is 82.7 Å². The summed E-state index contributed by atoms with van der Waals surface area (Å²) < 4.78 is 35.5. The molecule has 2 atom stereocenters. The van der Waals surface area contributed by atoms with E-state index in [9.17, 15) is 13.5 Å². The van der Waals surface area contributed by atoms with Crippen LogP contribution in [0.5, 0.6) is 0 Å². The van der Waals surface area contributed by atoms with Gasteiger partial charge in [-0.3, -0.25) is 4.18 Å². The van der Waals surface area contributed by atoms with E-state index in [-0.39, 0.29) is 22.6 Å². The third-order valence-corrected chi connectivity index (χ3v) is 10.8. The molecule has 0 aliphatic carbocycles. The van der Waals surface area contributed by atoms with E-state index in [0.29, 0.717) is 12.8 Å². The molecule has 5 nitrogen and oxygen atoms in total. The second-order valence-electron chi connectivity index (χ2n) is 8.47. The molecule has 0 saturated heterocycles. The zero-order valence-corrected chi connectivity index (χ0v) is 18.9. The smallest absolute Gasteiger partial charge is 0.297 e. The number of hydrogen-bond donors (Lipinski definition) is 1. The van der Waals surface area contributed by atoms with E-state index in [2.05, 4.69) is 33.9 Å². The molecule has 0 spiro atoms. The Balaban J connectivity index is 2.47. The maximum absolute atomic E-state index is 12.1. The van der Waals surface area contributed by atoms with Crippen molar-refractivity contribution in [1.82, 2.24) is 0 Å². The first-order valence-electron chi connectivity index (χ1n) is 9.06. The first-order chi connectivity index (χ1) is 11.7. The zero-order chi connectivity index (χ0) is 20.2. The minimum absolute atomic E-state index is 0.0132. The summed E-state index contributed by atoms with van der Waals surface area (Å²) in [4.78, 5) is 0.102. The van der Waals surface area contributed by atoms with Gasteiger partial charge >= 0.3 is 0 Å². The summed E-state index contributed by atoms with van der Waals surface area (Å²) >= 11 is 0. The van der Waals surface area contributed by atoms with E-state index in [1.165, 1.54) is 12.1 Å². The van der Waals surface area contributed by atoms with Gasteiger partial charge in [0, 0.05) is 6.10 Å². The summed E-state index contributed by atoms with van der Waals surface area (Å²) in [6, 6.07) is 6.44. The van der Waals surface area contributed by atoms with Gasteiger partial charge in [-0.2, -0.15) is 8.42 Å². The molecule has 0 unspecified atom stereocenters. The molecule has 7 heteroatoms.